The van der Waals surface area contributed by atoms with E-state index in [1.165, 1.54) is 0 Å². The van der Waals surface area contributed by atoms with Gasteiger partial charge < -0.3 is 10.5 Å². The minimum Gasteiger partial charge on any atom is -0.438 e. The lowest BCUT2D eigenvalue weighted by molar-refractivity contribution is 0.455. The van der Waals surface area contributed by atoms with Gasteiger partial charge in [0, 0.05) is 16.2 Å². The fourth-order valence-corrected chi connectivity index (χ4v) is 2.82. The average molecular weight is 386 g/mol. The maximum Gasteiger partial charge on any atom is 0.222 e. The van der Waals surface area contributed by atoms with Crippen molar-refractivity contribution in [3.8, 4) is 11.6 Å². The first kappa shape index (κ1) is 14.5. The van der Waals surface area contributed by atoms with E-state index in [-0.39, 0.29) is 0 Å². The van der Waals surface area contributed by atoms with Crippen molar-refractivity contribution in [3.05, 3.63) is 50.5 Å². The first-order chi connectivity index (χ1) is 9.10. The molecule has 1 aromatic carbocycles. The van der Waals surface area contributed by atoms with Gasteiger partial charge in [-0.15, -0.1) is 0 Å². The van der Waals surface area contributed by atoms with E-state index in [0.717, 1.165) is 32.2 Å². The summed E-state index contributed by atoms with van der Waals surface area (Å²) in [7, 11) is 0. The molecule has 0 aliphatic heterocycles. The Morgan fingerprint density at radius 1 is 1.26 bits per heavy atom. The third-order valence-corrected chi connectivity index (χ3v) is 3.73. The molecule has 0 spiro atoms. The summed E-state index contributed by atoms with van der Waals surface area (Å²) in [5, 5.41) is 0. The second-order valence-electron chi connectivity index (χ2n) is 4.18. The van der Waals surface area contributed by atoms with Crippen LogP contribution in [-0.4, -0.2) is 11.5 Å². The molecule has 0 fully saturated rings. The molecule has 0 unspecified atom stereocenters. The highest BCUT2D eigenvalue weighted by Gasteiger charge is 2.07. The van der Waals surface area contributed by atoms with Crippen LogP contribution in [0.15, 0.2) is 39.4 Å². The van der Waals surface area contributed by atoms with Gasteiger partial charge in [-0.2, -0.15) is 0 Å². The standard InChI is InChI=1S/C14H14Br2N2O/c1-9-6-10(4-5-17)8-18-14(9)19-13-3-2-11(15)7-12(13)16/h2-3,6-8H,4-5,17H2,1H3. The Balaban J connectivity index is 2.23. The van der Waals surface area contributed by atoms with Gasteiger partial charge in [0.25, 0.3) is 0 Å². The molecule has 19 heavy (non-hydrogen) atoms. The van der Waals surface area contributed by atoms with Gasteiger partial charge in [0.1, 0.15) is 5.75 Å². The molecule has 3 nitrogen and oxygen atoms in total. The topological polar surface area (TPSA) is 48.1 Å². The van der Waals surface area contributed by atoms with Gasteiger partial charge in [-0.25, -0.2) is 4.98 Å². The quantitative estimate of drug-likeness (QED) is 0.857. The summed E-state index contributed by atoms with van der Waals surface area (Å²) in [4.78, 5) is 4.35. The van der Waals surface area contributed by atoms with Crippen molar-refractivity contribution in [3.63, 3.8) is 0 Å². The Bertz CT molecular complexity index is 588. The van der Waals surface area contributed by atoms with E-state index in [1.54, 1.807) is 0 Å². The second-order valence-corrected chi connectivity index (χ2v) is 5.95. The summed E-state index contributed by atoms with van der Waals surface area (Å²) in [5.41, 5.74) is 7.66. The minimum atomic E-state index is 0.615. The first-order valence-corrected chi connectivity index (χ1v) is 7.47. The minimum absolute atomic E-state index is 0.615. The number of aromatic nitrogens is 1. The Morgan fingerprint density at radius 3 is 2.68 bits per heavy atom. The van der Waals surface area contributed by atoms with E-state index in [0.29, 0.717) is 12.4 Å². The first-order valence-electron chi connectivity index (χ1n) is 5.88. The average Bonchev–Trinajstić information content (AvgIpc) is 2.36. The molecule has 2 aromatic rings. The number of nitrogens with two attached hydrogens (primary N) is 1. The van der Waals surface area contributed by atoms with Crippen LogP contribution < -0.4 is 10.5 Å². The Morgan fingerprint density at radius 2 is 2.05 bits per heavy atom. The number of aryl methyl sites for hydroxylation is 1. The SMILES string of the molecule is Cc1cc(CCN)cnc1Oc1ccc(Br)cc1Br. The lowest BCUT2D eigenvalue weighted by atomic mass is 10.1. The third kappa shape index (κ3) is 3.78. The molecule has 0 saturated carbocycles. The normalized spacial score (nSPS) is 10.5. The Hall–Kier alpha value is -0.910. The Kier molecular flexibility index (Phi) is 4.96. The highest BCUT2D eigenvalue weighted by Crippen LogP contribution is 2.32. The molecule has 0 atom stereocenters. The molecule has 0 radical (unpaired) electrons. The number of hydrogen-bond acceptors (Lipinski definition) is 3. The summed E-state index contributed by atoms with van der Waals surface area (Å²) < 4.78 is 7.70. The largest absolute Gasteiger partial charge is 0.438 e. The molecule has 0 bridgehead atoms. The highest BCUT2D eigenvalue weighted by atomic mass is 79.9. The molecule has 1 aromatic heterocycles. The zero-order chi connectivity index (χ0) is 13.8. The molecule has 0 saturated heterocycles. The van der Waals surface area contributed by atoms with Gasteiger partial charge in [0.2, 0.25) is 5.88 Å². The van der Waals surface area contributed by atoms with Crippen molar-refractivity contribution in [1.29, 1.82) is 0 Å². The summed E-state index contributed by atoms with van der Waals surface area (Å²) in [6.07, 6.45) is 2.64. The second kappa shape index (κ2) is 6.50. The summed E-state index contributed by atoms with van der Waals surface area (Å²) in [6, 6.07) is 7.82. The van der Waals surface area contributed by atoms with Crippen LogP contribution in [0.3, 0.4) is 0 Å². The van der Waals surface area contributed by atoms with Crippen molar-refractivity contribution < 1.29 is 4.74 Å². The number of benzene rings is 1. The molecule has 2 rings (SSSR count). The van der Waals surface area contributed by atoms with Crippen LogP contribution >= 0.6 is 31.9 Å². The molecule has 0 aliphatic carbocycles. The summed E-state index contributed by atoms with van der Waals surface area (Å²) >= 11 is 6.88. The summed E-state index contributed by atoms with van der Waals surface area (Å²) in [5.74, 6) is 1.36. The highest BCUT2D eigenvalue weighted by molar-refractivity contribution is 9.11. The van der Waals surface area contributed by atoms with E-state index in [1.807, 2.05) is 31.3 Å². The number of pyridine rings is 1. The molecule has 5 heteroatoms. The molecule has 2 N–H and O–H groups in total. The number of halogens is 2. The maximum absolute atomic E-state index is 5.82. The monoisotopic (exact) mass is 384 g/mol. The number of ether oxygens (including phenoxy) is 1. The van der Waals surface area contributed by atoms with Crippen molar-refractivity contribution in [2.75, 3.05) is 6.54 Å². The lowest BCUT2D eigenvalue weighted by Crippen LogP contribution is -2.03. The number of hydrogen-bond donors (Lipinski definition) is 1. The van der Waals surface area contributed by atoms with Crippen LogP contribution in [0.25, 0.3) is 0 Å². The molecule has 0 aliphatic rings. The van der Waals surface area contributed by atoms with Gasteiger partial charge in [0.05, 0.1) is 4.47 Å². The van der Waals surface area contributed by atoms with Crippen LogP contribution in [0.1, 0.15) is 11.1 Å². The number of rotatable bonds is 4. The smallest absolute Gasteiger partial charge is 0.222 e. The fraction of sp³-hybridized carbons (Fsp3) is 0.214. The van der Waals surface area contributed by atoms with Crippen LogP contribution in [0, 0.1) is 6.92 Å². The number of nitrogens with zero attached hydrogens (tertiary/aromatic N) is 1. The van der Waals surface area contributed by atoms with E-state index < -0.39 is 0 Å². The van der Waals surface area contributed by atoms with Crippen molar-refractivity contribution in [2.24, 2.45) is 5.73 Å². The maximum atomic E-state index is 5.82. The van der Waals surface area contributed by atoms with Gasteiger partial charge in [0.15, 0.2) is 0 Å². The van der Waals surface area contributed by atoms with E-state index in [4.69, 9.17) is 10.5 Å². The fourth-order valence-electron chi connectivity index (χ4n) is 1.69. The van der Waals surface area contributed by atoms with Gasteiger partial charge in [-0.3, -0.25) is 0 Å². The van der Waals surface area contributed by atoms with Crippen molar-refractivity contribution in [2.45, 2.75) is 13.3 Å². The van der Waals surface area contributed by atoms with Crippen LogP contribution in [0.2, 0.25) is 0 Å². The van der Waals surface area contributed by atoms with Crippen molar-refractivity contribution in [1.82, 2.24) is 4.98 Å². The Labute approximate surface area is 129 Å². The van der Waals surface area contributed by atoms with E-state index in [9.17, 15) is 0 Å². The van der Waals surface area contributed by atoms with E-state index >= 15 is 0 Å². The molecular weight excluding hydrogens is 372 g/mol. The van der Waals surface area contributed by atoms with Gasteiger partial charge >= 0.3 is 0 Å². The zero-order valence-corrected chi connectivity index (χ0v) is 13.7. The van der Waals surface area contributed by atoms with E-state index in [2.05, 4.69) is 42.9 Å². The van der Waals surface area contributed by atoms with Crippen molar-refractivity contribution >= 4 is 31.9 Å². The molecule has 100 valence electrons. The summed E-state index contributed by atoms with van der Waals surface area (Å²) in [6.45, 7) is 2.61. The zero-order valence-electron chi connectivity index (χ0n) is 10.5. The lowest BCUT2D eigenvalue weighted by Gasteiger charge is -2.10. The van der Waals surface area contributed by atoms with Gasteiger partial charge in [-0.05, 0) is 65.6 Å². The molecule has 1 heterocycles. The molecular formula is C14H14Br2N2O. The van der Waals surface area contributed by atoms with Crippen LogP contribution in [-0.2, 0) is 6.42 Å². The predicted octanol–water partition coefficient (Wildman–Crippen LogP) is 4.21. The molecule has 0 amide bonds. The third-order valence-electron chi connectivity index (χ3n) is 2.62. The van der Waals surface area contributed by atoms with Crippen LogP contribution in [0.4, 0.5) is 0 Å². The van der Waals surface area contributed by atoms with Gasteiger partial charge in [-0.1, -0.05) is 15.9 Å². The van der Waals surface area contributed by atoms with Crippen LogP contribution in [0.5, 0.6) is 11.6 Å². The predicted molar refractivity (Wildman–Crippen MR) is 83.6 cm³/mol.